The summed E-state index contributed by atoms with van der Waals surface area (Å²) < 4.78 is 0. The van der Waals surface area contributed by atoms with Crippen LogP contribution in [0.4, 0.5) is 0 Å². The molecule has 22 heavy (non-hydrogen) atoms. The molecule has 0 bridgehead atoms. The highest BCUT2D eigenvalue weighted by atomic mass is 16.2. The molecule has 2 atom stereocenters. The van der Waals surface area contributed by atoms with Crippen LogP contribution in [0.25, 0.3) is 0 Å². The second kappa shape index (κ2) is 5.94. The van der Waals surface area contributed by atoms with E-state index in [9.17, 15) is 19.2 Å². The van der Waals surface area contributed by atoms with Gasteiger partial charge in [-0.3, -0.25) is 19.2 Å². The van der Waals surface area contributed by atoms with E-state index in [0.717, 1.165) is 12.8 Å². The molecule has 3 rings (SSSR count). The van der Waals surface area contributed by atoms with E-state index in [-0.39, 0.29) is 36.7 Å². The van der Waals surface area contributed by atoms with Crippen LogP contribution < -0.4 is 10.6 Å². The minimum absolute atomic E-state index is 0.124. The standard InChI is InChI=1S/C14H20N4O4/c19-11-7-16-14(22)10-4-2-6-18(10)12(20)8-15-13(21)9-3-1-5-17(9)11/h9-10H,1-8H2,(H,15,21)(H,16,22). The molecule has 3 aliphatic heterocycles. The third kappa shape index (κ3) is 2.65. The van der Waals surface area contributed by atoms with E-state index in [0.29, 0.717) is 25.9 Å². The number of carbonyl (C=O) groups excluding carboxylic acids is 4. The Morgan fingerprint density at radius 1 is 0.727 bits per heavy atom. The van der Waals surface area contributed by atoms with Crippen LogP contribution in [0, 0.1) is 0 Å². The molecule has 0 radical (unpaired) electrons. The zero-order valence-corrected chi connectivity index (χ0v) is 12.3. The molecule has 3 aliphatic rings. The number of amides is 4. The van der Waals surface area contributed by atoms with E-state index in [1.807, 2.05) is 0 Å². The smallest absolute Gasteiger partial charge is 0.243 e. The third-order valence-electron chi connectivity index (χ3n) is 4.58. The van der Waals surface area contributed by atoms with Crippen molar-refractivity contribution in [3.63, 3.8) is 0 Å². The molecule has 0 aromatic carbocycles. The average Bonchev–Trinajstić information content (AvgIpc) is 3.16. The Kier molecular flexibility index (Phi) is 4.00. The number of fused-ring (bicyclic) bond motifs is 2. The molecule has 0 aromatic rings. The van der Waals surface area contributed by atoms with Crippen molar-refractivity contribution < 1.29 is 19.2 Å². The molecule has 8 nitrogen and oxygen atoms in total. The summed E-state index contributed by atoms with van der Waals surface area (Å²) in [6.45, 7) is 0.773. The van der Waals surface area contributed by atoms with Crippen LogP contribution >= 0.6 is 0 Å². The first kappa shape index (κ1) is 14.8. The van der Waals surface area contributed by atoms with Crippen molar-refractivity contribution in [2.75, 3.05) is 26.2 Å². The zero-order chi connectivity index (χ0) is 15.7. The van der Waals surface area contributed by atoms with Gasteiger partial charge in [0.2, 0.25) is 23.6 Å². The normalized spacial score (nSPS) is 30.2. The molecule has 0 saturated carbocycles. The number of nitrogens with one attached hydrogen (secondary N) is 2. The van der Waals surface area contributed by atoms with Gasteiger partial charge in [0.15, 0.2) is 0 Å². The second-order valence-electron chi connectivity index (χ2n) is 5.93. The van der Waals surface area contributed by atoms with Gasteiger partial charge in [0.25, 0.3) is 0 Å². The first-order chi connectivity index (χ1) is 10.6. The van der Waals surface area contributed by atoms with Crippen molar-refractivity contribution in [3.8, 4) is 0 Å². The van der Waals surface area contributed by atoms with E-state index < -0.39 is 12.1 Å². The number of hydrogen-bond acceptors (Lipinski definition) is 4. The van der Waals surface area contributed by atoms with Gasteiger partial charge >= 0.3 is 0 Å². The van der Waals surface area contributed by atoms with E-state index in [4.69, 9.17) is 0 Å². The maximum Gasteiger partial charge on any atom is 0.243 e. The predicted molar refractivity (Wildman–Crippen MR) is 75.5 cm³/mol. The number of carbonyl (C=O) groups is 4. The predicted octanol–water partition coefficient (Wildman–Crippen LogP) is -1.79. The van der Waals surface area contributed by atoms with Crippen molar-refractivity contribution in [3.05, 3.63) is 0 Å². The molecule has 0 spiro atoms. The molecule has 0 aromatic heterocycles. The van der Waals surface area contributed by atoms with Gasteiger partial charge in [-0.1, -0.05) is 0 Å². The molecular formula is C14H20N4O4. The molecular weight excluding hydrogens is 288 g/mol. The van der Waals surface area contributed by atoms with Crippen LogP contribution in [0.1, 0.15) is 25.7 Å². The molecule has 3 heterocycles. The number of rotatable bonds is 0. The van der Waals surface area contributed by atoms with Crippen LogP contribution in [0.3, 0.4) is 0 Å². The fraction of sp³-hybridized carbons (Fsp3) is 0.714. The molecule has 2 unspecified atom stereocenters. The first-order valence-electron chi connectivity index (χ1n) is 7.72. The van der Waals surface area contributed by atoms with E-state index in [1.165, 1.54) is 9.80 Å². The minimum atomic E-state index is -0.536. The summed E-state index contributed by atoms with van der Waals surface area (Å²) in [5.41, 5.74) is 0. The lowest BCUT2D eigenvalue weighted by Gasteiger charge is -2.28. The van der Waals surface area contributed by atoms with Gasteiger partial charge in [0.1, 0.15) is 12.1 Å². The molecule has 120 valence electrons. The summed E-state index contributed by atoms with van der Waals surface area (Å²) in [7, 11) is 0. The molecule has 3 saturated heterocycles. The summed E-state index contributed by atoms with van der Waals surface area (Å²) in [5.74, 6) is -1.08. The van der Waals surface area contributed by atoms with Crippen LogP contribution in [-0.2, 0) is 19.2 Å². The van der Waals surface area contributed by atoms with Gasteiger partial charge < -0.3 is 20.4 Å². The molecule has 8 heteroatoms. The highest BCUT2D eigenvalue weighted by Gasteiger charge is 2.38. The van der Waals surface area contributed by atoms with E-state index in [1.54, 1.807) is 0 Å². The van der Waals surface area contributed by atoms with Crippen LogP contribution in [0.5, 0.6) is 0 Å². The fourth-order valence-electron chi connectivity index (χ4n) is 3.44. The molecule has 4 amide bonds. The lowest BCUT2D eigenvalue weighted by Crippen LogP contribution is -2.55. The van der Waals surface area contributed by atoms with Crippen LogP contribution in [-0.4, -0.2) is 71.7 Å². The Morgan fingerprint density at radius 2 is 1.14 bits per heavy atom. The highest BCUT2D eigenvalue weighted by Crippen LogP contribution is 2.20. The maximum atomic E-state index is 12.2. The Labute approximate surface area is 128 Å². The summed E-state index contributed by atoms with van der Waals surface area (Å²) >= 11 is 0. The lowest BCUT2D eigenvalue weighted by atomic mass is 10.2. The quantitative estimate of drug-likeness (QED) is 0.552. The van der Waals surface area contributed by atoms with Gasteiger partial charge in [0.05, 0.1) is 13.1 Å². The Balaban J connectivity index is 1.80. The van der Waals surface area contributed by atoms with Crippen LogP contribution in [0.2, 0.25) is 0 Å². The van der Waals surface area contributed by atoms with Gasteiger partial charge in [-0.05, 0) is 25.7 Å². The summed E-state index contributed by atoms with van der Waals surface area (Å²) in [4.78, 5) is 51.8. The number of hydrogen-bond donors (Lipinski definition) is 2. The Bertz CT molecular complexity index is 431. The summed E-state index contributed by atoms with van der Waals surface area (Å²) in [6.07, 6.45) is 2.68. The monoisotopic (exact) mass is 308 g/mol. The van der Waals surface area contributed by atoms with Gasteiger partial charge in [-0.15, -0.1) is 0 Å². The maximum absolute atomic E-state index is 12.2. The van der Waals surface area contributed by atoms with Crippen molar-refractivity contribution in [2.45, 2.75) is 37.8 Å². The first-order valence-corrected chi connectivity index (χ1v) is 7.72. The Morgan fingerprint density at radius 3 is 1.55 bits per heavy atom. The van der Waals surface area contributed by atoms with Crippen molar-refractivity contribution >= 4 is 23.6 Å². The largest absolute Gasteiger partial charge is 0.345 e. The summed E-state index contributed by atoms with van der Waals surface area (Å²) in [5, 5.41) is 5.23. The third-order valence-corrected chi connectivity index (χ3v) is 4.58. The Hall–Kier alpha value is -2.12. The van der Waals surface area contributed by atoms with E-state index in [2.05, 4.69) is 10.6 Å². The molecule has 3 fully saturated rings. The second-order valence-corrected chi connectivity index (χ2v) is 5.93. The zero-order valence-electron chi connectivity index (χ0n) is 12.3. The fourth-order valence-corrected chi connectivity index (χ4v) is 3.44. The van der Waals surface area contributed by atoms with Gasteiger partial charge in [-0.2, -0.15) is 0 Å². The van der Waals surface area contributed by atoms with Crippen LogP contribution in [0.15, 0.2) is 0 Å². The lowest BCUT2D eigenvalue weighted by molar-refractivity contribution is -0.143. The van der Waals surface area contributed by atoms with Crippen molar-refractivity contribution in [1.82, 2.24) is 20.4 Å². The van der Waals surface area contributed by atoms with Crippen molar-refractivity contribution in [2.24, 2.45) is 0 Å². The van der Waals surface area contributed by atoms with Crippen molar-refractivity contribution in [1.29, 1.82) is 0 Å². The van der Waals surface area contributed by atoms with Gasteiger partial charge in [-0.25, -0.2) is 0 Å². The minimum Gasteiger partial charge on any atom is -0.345 e. The molecule has 2 N–H and O–H groups in total. The topological polar surface area (TPSA) is 98.8 Å². The summed E-state index contributed by atoms with van der Waals surface area (Å²) in [6, 6.07) is -1.07. The van der Waals surface area contributed by atoms with E-state index >= 15 is 0 Å². The number of nitrogens with zero attached hydrogens (tertiary/aromatic N) is 2. The SMILES string of the molecule is O=C1NCC(=O)N2CCCC2C(=O)NCC(=O)N2CCCC12. The van der Waals surface area contributed by atoms with Gasteiger partial charge in [0, 0.05) is 13.1 Å². The molecule has 0 aliphatic carbocycles. The highest BCUT2D eigenvalue weighted by molar-refractivity contribution is 5.95. The average molecular weight is 308 g/mol.